The lowest BCUT2D eigenvalue weighted by Crippen LogP contribution is -2.53. The summed E-state index contributed by atoms with van der Waals surface area (Å²) >= 11 is 0. The highest BCUT2D eigenvalue weighted by Gasteiger charge is 2.30. The molecular weight excluding hydrogens is 351 g/mol. The molecule has 2 aliphatic rings. The average Bonchev–Trinajstić information content (AvgIpc) is 2.71. The second-order valence-electron chi connectivity index (χ2n) is 7.08. The molecular formula is C20H25BN6O. The molecule has 0 saturated heterocycles. The summed E-state index contributed by atoms with van der Waals surface area (Å²) in [5.74, 6) is 2.37. The molecule has 28 heavy (non-hydrogen) atoms. The molecule has 144 valence electrons. The first-order valence-corrected chi connectivity index (χ1v) is 9.54. The van der Waals surface area contributed by atoms with Crippen LogP contribution in [0, 0.1) is 0 Å². The second kappa shape index (κ2) is 8.37. The van der Waals surface area contributed by atoms with E-state index < -0.39 is 0 Å². The van der Waals surface area contributed by atoms with Gasteiger partial charge in [0.1, 0.15) is 11.5 Å². The standard InChI is InChI=1S/C20H25BN6O/c21-25-15-10-14(11-15)24-20-18(12-23-27-26-20)19(22)13-6-8-17(9-7-13)28-16-4-2-1-3-5-16/h1-9,12,14-15,19,23,25,27H,10-11,21-22H2,(H,24,26). The van der Waals surface area contributed by atoms with E-state index in [1.807, 2.05) is 68.8 Å². The summed E-state index contributed by atoms with van der Waals surface area (Å²) in [6, 6.07) is 18.3. The summed E-state index contributed by atoms with van der Waals surface area (Å²) < 4.78 is 5.86. The summed E-state index contributed by atoms with van der Waals surface area (Å²) in [4.78, 5) is 0. The fourth-order valence-corrected chi connectivity index (χ4v) is 3.40. The molecule has 1 saturated carbocycles. The van der Waals surface area contributed by atoms with Crippen molar-refractivity contribution in [3.8, 4) is 11.5 Å². The van der Waals surface area contributed by atoms with E-state index in [9.17, 15) is 0 Å². The van der Waals surface area contributed by atoms with Crippen molar-refractivity contribution in [2.24, 2.45) is 10.8 Å². The van der Waals surface area contributed by atoms with Gasteiger partial charge in [-0.3, -0.25) is 5.43 Å². The smallest absolute Gasteiger partial charge is 0.182 e. The van der Waals surface area contributed by atoms with Crippen molar-refractivity contribution in [2.45, 2.75) is 31.0 Å². The van der Waals surface area contributed by atoms with Gasteiger partial charge in [0.25, 0.3) is 0 Å². The van der Waals surface area contributed by atoms with Gasteiger partial charge >= 0.3 is 0 Å². The normalized spacial score (nSPS) is 21.9. The minimum Gasteiger partial charge on any atom is -0.457 e. The lowest BCUT2D eigenvalue weighted by molar-refractivity contribution is 0.306. The van der Waals surface area contributed by atoms with Crippen molar-refractivity contribution < 1.29 is 4.74 Å². The Morgan fingerprint density at radius 2 is 1.75 bits per heavy atom. The van der Waals surface area contributed by atoms with Crippen LogP contribution < -0.4 is 32.0 Å². The van der Waals surface area contributed by atoms with E-state index in [1.165, 1.54) is 0 Å². The van der Waals surface area contributed by atoms with Gasteiger partial charge in [0.05, 0.1) is 6.04 Å². The van der Waals surface area contributed by atoms with Gasteiger partial charge < -0.3 is 21.0 Å². The molecule has 7 nitrogen and oxygen atoms in total. The Labute approximate surface area is 165 Å². The molecule has 0 bridgehead atoms. The quantitative estimate of drug-likeness (QED) is 0.484. The predicted molar refractivity (Wildman–Crippen MR) is 113 cm³/mol. The van der Waals surface area contributed by atoms with Crippen LogP contribution in [0.3, 0.4) is 0 Å². The molecule has 2 aromatic rings. The van der Waals surface area contributed by atoms with E-state index in [1.54, 1.807) is 0 Å². The Kier molecular flexibility index (Phi) is 5.50. The Morgan fingerprint density at radius 1 is 1.04 bits per heavy atom. The summed E-state index contributed by atoms with van der Waals surface area (Å²) in [6.45, 7) is 0. The van der Waals surface area contributed by atoms with Crippen molar-refractivity contribution in [1.82, 2.24) is 21.5 Å². The van der Waals surface area contributed by atoms with Crippen LogP contribution in [0.25, 0.3) is 0 Å². The summed E-state index contributed by atoms with van der Waals surface area (Å²) in [5, 5.41) is 11.1. The average molecular weight is 376 g/mol. The number of rotatable bonds is 6. The highest BCUT2D eigenvalue weighted by molar-refractivity contribution is 6.04. The number of nitrogens with one attached hydrogen (secondary N) is 4. The molecule has 0 amide bonds. The van der Waals surface area contributed by atoms with E-state index in [4.69, 9.17) is 10.5 Å². The molecule has 1 unspecified atom stereocenters. The van der Waals surface area contributed by atoms with E-state index in [0.29, 0.717) is 12.1 Å². The van der Waals surface area contributed by atoms with E-state index >= 15 is 0 Å². The molecule has 1 fully saturated rings. The zero-order valence-corrected chi connectivity index (χ0v) is 15.9. The van der Waals surface area contributed by atoms with E-state index in [2.05, 4.69) is 26.6 Å². The van der Waals surface area contributed by atoms with Crippen LogP contribution in [-0.2, 0) is 0 Å². The van der Waals surface area contributed by atoms with Crippen molar-refractivity contribution >= 4 is 13.8 Å². The number of nitrogens with zero attached hydrogens (tertiary/aromatic N) is 1. The molecule has 2 aromatic carbocycles. The summed E-state index contributed by atoms with van der Waals surface area (Å²) in [7, 11) is 2.00. The third-order valence-corrected chi connectivity index (χ3v) is 5.17. The number of nitrogens with two attached hydrogens (primary N) is 1. The Morgan fingerprint density at radius 3 is 2.46 bits per heavy atom. The molecule has 0 aromatic heterocycles. The predicted octanol–water partition coefficient (Wildman–Crippen LogP) is 1.04. The summed E-state index contributed by atoms with van der Waals surface area (Å²) in [5.41, 5.74) is 14.2. The monoisotopic (exact) mass is 376 g/mol. The lowest BCUT2D eigenvalue weighted by Gasteiger charge is -2.37. The van der Waals surface area contributed by atoms with Crippen molar-refractivity contribution in [3.05, 3.63) is 71.9 Å². The molecule has 0 radical (unpaired) electrons. The first-order chi connectivity index (χ1) is 13.7. The van der Waals surface area contributed by atoms with Crippen LogP contribution >= 0.6 is 0 Å². The Bertz CT molecular complexity index is 849. The second-order valence-corrected chi connectivity index (χ2v) is 7.08. The number of hydrogen-bond acceptors (Lipinski definition) is 7. The van der Waals surface area contributed by atoms with Crippen LogP contribution in [-0.4, -0.2) is 25.9 Å². The van der Waals surface area contributed by atoms with Gasteiger partial charge in [0.15, 0.2) is 13.8 Å². The van der Waals surface area contributed by atoms with Crippen LogP contribution in [0.1, 0.15) is 24.4 Å². The highest BCUT2D eigenvalue weighted by atomic mass is 16.5. The van der Waals surface area contributed by atoms with Crippen molar-refractivity contribution in [1.29, 1.82) is 0 Å². The Balaban J connectivity index is 1.41. The summed E-state index contributed by atoms with van der Waals surface area (Å²) in [6.07, 6.45) is 4.02. The molecule has 1 atom stereocenters. The van der Waals surface area contributed by atoms with Gasteiger partial charge in [-0.25, -0.2) is 5.53 Å². The number of hydrazine groups is 1. The number of hydrogen-bond donors (Lipinski definition) is 5. The van der Waals surface area contributed by atoms with Gasteiger partial charge in [-0.15, -0.1) is 5.10 Å². The largest absolute Gasteiger partial charge is 0.457 e. The van der Waals surface area contributed by atoms with Gasteiger partial charge in [-0.1, -0.05) is 30.3 Å². The first kappa shape index (κ1) is 18.4. The minimum absolute atomic E-state index is 0.299. The third kappa shape index (κ3) is 4.13. The maximum absolute atomic E-state index is 6.54. The first-order valence-electron chi connectivity index (χ1n) is 9.54. The SMILES string of the molecule is BNC1CC(NC2=NNNC=C2C(N)c2ccc(Oc3ccccc3)cc2)C1. The van der Waals surface area contributed by atoms with Gasteiger partial charge in [0.2, 0.25) is 0 Å². The molecule has 1 heterocycles. The maximum atomic E-state index is 6.54. The fourth-order valence-electron chi connectivity index (χ4n) is 3.40. The fraction of sp³-hybridized carbons (Fsp3) is 0.250. The molecule has 1 aliphatic heterocycles. The van der Waals surface area contributed by atoms with Crippen LogP contribution in [0.2, 0.25) is 0 Å². The number of amidine groups is 1. The van der Waals surface area contributed by atoms with Crippen molar-refractivity contribution in [2.75, 3.05) is 0 Å². The zero-order valence-electron chi connectivity index (χ0n) is 15.9. The van der Waals surface area contributed by atoms with Crippen LogP contribution in [0.4, 0.5) is 0 Å². The van der Waals surface area contributed by atoms with E-state index in [0.717, 1.165) is 41.3 Å². The molecule has 0 spiro atoms. The highest BCUT2D eigenvalue weighted by Crippen LogP contribution is 2.27. The number of hydrazone groups is 1. The Hall–Kier alpha value is -2.97. The number of ether oxygens (including phenoxy) is 1. The molecule has 1 aliphatic carbocycles. The number of benzene rings is 2. The molecule has 4 rings (SSSR count). The topological polar surface area (TPSA) is 95.7 Å². The zero-order chi connectivity index (χ0) is 19.3. The van der Waals surface area contributed by atoms with Gasteiger partial charge in [-0.05, 0) is 48.7 Å². The lowest BCUT2D eigenvalue weighted by atomic mass is 9.85. The van der Waals surface area contributed by atoms with Gasteiger partial charge in [-0.2, -0.15) is 0 Å². The van der Waals surface area contributed by atoms with Crippen LogP contribution in [0.5, 0.6) is 11.5 Å². The van der Waals surface area contributed by atoms with Gasteiger partial charge in [0, 0.05) is 17.8 Å². The van der Waals surface area contributed by atoms with Crippen molar-refractivity contribution in [3.63, 3.8) is 0 Å². The van der Waals surface area contributed by atoms with E-state index in [-0.39, 0.29) is 6.04 Å². The number of para-hydroxylation sites is 1. The van der Waals surface area contributed by atoms with Crippen LogP contribution in [0.15, 0.2) is 71.5 Å². The third-order valence-electron chi connectivity index (χ3n) is 5.17. The molecule has 6 N–H and O–H groups in total. The minimum atomic E-state index is -0.299. The molecule has 8 heteroatoms. The maximum Gasteiger partial charge on any atom is 0.182 e.